The van der Waals surface area contributed by atoms with Crippen molar-refractivity contribution in [1.29, 1.82) is 0 Å². The molecule has 0 N–H and O–H groups in total. The molecule has 0 spiro atoms. The monoisotopic (exact) mass is 417 g/mol. The summed E-state index contributed by atoms with van der Waals surface area (Å²) in [6.45, 7) is 20.0. The molecule has 1 atom stereocenters. The van der Waals surface area contributed by atoms with Gasteiger partial charge in [0.15, 0.2) is 0 Å². The van der Waals surface area contributed by atoms with E-state index >= 15 is 0 Å². The Hall–Kier alpha value is -1.98. The van der Waals surface area contributed by atoms with E-state index in [2.05, 4.69) is 33.3 Å². The predicted molar refractivity (Wildman–Crippen MR) is 143 cm³/mol. The van der Waals surface area contributed by atoms with Crippen LogP contribution in [-0.4, -0.2) is 11.6 Å². The molecule has 0 radical (unpaired) electrons. The maximum atomic E-state index is 3.78. The third kappa shape index (κ3) is 46.2. The van der Waals surface area contributed by atoms with Gasteiger partial charge in [0.05, 0.1) is 0 Å². The van der Waals surface area contributed by atoms with E-state index in [-0.39, 0.29) is 0 Å². The predicted octanol–water partition coefficient (Wildman–Crippen LogP) is 9.36. The Labute approximate surface area is 186 Å². The second-order valence-electron chi connectivity index (χ2n) is 3.83. The quantitative estimate of drug-likeness (QED) is 0.332. The molecular formula is C27H48NP. The number of benzene rings is 2. The summed E-state index contributed by atoms with van der Waals surface area (Å²) in [5.41, 5.74) is 1.32. The lowest BCUT2D eigenvalue weighted by atomic mass is 10.2. The largest absolute Gasteiger partial charge is 0.265 e. The van der Waals surface area contributed by atoms with Gasteiger partial charge in [-0.15, -0.1) is 9.24 Å². The van der Waals surface area contributed by atoms with Gasteiger partial charge in [0.2, 0.25) is 0 Å². The van der Waals surface area contributed by atoms with Crippen molar-refractivity contribution < 1.29 is 0 Å². The normalized spacial score (nSPS) is 6.45. The average molecular weight is 418 g/mol. The average Bonchev–Trinajstić information content (AvgIpc) is 2.89. The van der Waals surface area contributed by atoms with Crippen molar-refractivity contribution in [2.24, 2.45) is 0 Å². The van der Waals surface area contributed by atoms with Crippen LogP contribution >= 0.6 is 9.24 Å². The maximum absolute atomic E-state index is 3.78. The fraction of sp³-hybridized carbons (Fsp3) is 0.370. The van der Waals surface area contributed by atoms with E-state index in [1.165, 1.54) is 5.56 Å². The smallest absolute Gasteiger partial charge is 0.0267 e. The molecule has 2 aromatic carbocycles. The summed E-state index contributed by atoms with van der Waals surface area (Å²) in [7, 11) is 2.42. The van der Waals surface area contributed by atoms with Gasteiger partial charge in [-0.05, 0) is 19.1 Å². The van der Waals surface area contributed by atoms with Crippen LogP contribution in [0.3, 0.4) is 0 Å². The molecule has 0 saturated heterocycles. The van der Waals surface area contributed by atoms with E-state index in [0.29, 0.717) is 0 Å². The summed E-state index contributed by atoms with van der Waals surface area (Å²) in [6.07, 6.45) is 3.50. The molecule has 3 aromatic rings. The van der Waals surface area contributed by atoms with Gasteiger partial charge in [-0.2, -0.15) is 0 Å². The molecule has 0 amide bonds. The Bertz CT molecular complexity index is 414. The number of hydrogen-bond acceptors (Lipinski definition) is 1. The molecule has 166 valence electrons. The molecule has 1 aromatic heterocycles. The van der Waals surface area contributed by atoms with Crippen molar-refractivity contribution in [2.45, 2.75) is 62.3 Å². The van der Waals surface area contributed by atoms with Crippen LogP contribution in [0.15, 0.2) is 97.3 Å². The van der Waals surface area contributed by atoms with Crippen molar-refractivity contribution in [1.82, 2.24) is 4.98 Å². The molecule has 3 rings (SSSR count). The highest BCUT2D eigenvalue weighted by molar-refractivity contribution is 7.15. The van der Waals surface area contributed by atoms with Crippen LogP contribution in [0.2, 0.25) is 0 Å². The van der Waals surface area contributed by atoms with E-state index in [1.807, 2.05) is 135 Å². The van der Waals surface area contributed by atoms with Crippen molar-refractivity contribution >= 4 is 9.24 Å². The van der Waals surface area contributed by atoms with Gasteiger partial charge in [0.25, 0.3) is 0 Å². The summed E-state index contributed by atoms with van der Waals surface area (Å²) in [4.78, 5) is 3.78. The van der Waals surface area contributed by atoms with Crippen LogP contribution in [0.25, 0.3) is 0 Å². The van der Waals surface area contributed by atoms with Crippen molar-refractivity contribution in [2.75, 3.05) is 6.66 Å². The standard InChI is InChI=1S/C7H8.C6H6.C5H5N.4C2H6.CH5P/c1-7-5-3-2-4-6-7;2*1-2-4-6-5-3-1;5*1-2/h2-6H,1H3;1-6H;1-5H;4*1-2H3;2H2,1H3. The lowest BCUT2D eigenvalue weighted by molar-refractivity contribution is 1.33. The summed E-state index contributed by atoms with van der Waals surface area (Å²) in [5, 5.41) is 0. The van der Waals surface area contributed by atoms with E-state index in [0.717, 1.165) is 0 Å². The van der Waals surface area contributed by atoms with Crippen molar-refractivity contribution in [3.8, 4) is 0 Å². The van der Waals surface area contributed by atoms with Crippen LogP contribution < -0.4 is 0 Å². The Kier molecular flexibility index (Phi) is 65.3. The van der Waals surface area contributed by atoms with E-state index in [4.69, 9.17) is 0 Å². The number of rotatable bonds is 0. The molecule has 2 heteroatoms. The Morgan fingerprint density at radius 1 is 0.448 bits per heavy atom. The highest BCUT2D eigenvalue weighted by atomic mass is 31.0. The maximum Gasteiger partial charge on any atom is 0.0267 e. The minimum Gasteiger partial charge on any atom is -0.265 e. The summed E-state index contributed by atoms with van der Waals surface area (Å²) in [5.74, 6) is 0. The van der Waals surface area contributed by atoms with E-state index in [1.54, 1.807) is 12.4 Å². The summed E-state index contributed by atoms with van der Waals surface area (Å²) in [6, 6.07) is 28.0. The minimum absolute atomic E-state index is 1.32. The van der Waals surface area contributed by atoms with Gasteiger partial charge in [0.1, 0.15) is 0 Å². The second-order valence-corrected chi connectivity index (χ2v) is 3.83. The first kappa shape index (κ1) is 37.7. The van der Waals surface area contributed by atoms with Gasteiger partial charge in [-0.25, -0.2) is 0 Å². The van der Waals surface area contributed by atoms with E-state index < -0.39 is 0 Å². The highest BCUT2D eigenvalue weighted by Crippen LogP contribution is 1.92. The second kappa shape index (κ2) is 50.2. The molecular weight excluding hydrogens is 369 g/mol. The number of aryl methyl sites for hydroxylation is 1. The summed E-state index contributed by atoms with van der Waals surface area (Å²) < 4.78 is 0. The fourth-order valence-electron chi connectivity index (χ4n) is 1.23. The molecule has 1 heterocycles. The van der Waals surface area contributed by atoms with Gasteiger partial charge in [-0.3, -0.25) is 4.98 Å². The van der Waals surface area contributed by atoms with Crippen molar-refractivity contribution in [3.05, 3.63) is 103 Å². The van der Waals surface area contributed by atoms with E-state index in [9.17, 15) is 0 Å². The van der Waals surface area contributed by atoms with Crippen LogP contribution in [0, 0.1) is 6.92 Å². The molecule has 0 aliphatic rings. The van der Waals surface area contributed by atoms with Crippen molar-refractivity contribution in [3.63, 3.8) is 0 Å². The highest BCUT2D eigenvalue weighted by Gasteiger charge is 1.72. The molecule has 0 aliphatic carbocycles. The van der Waals surface area contributed by atoms with Gasteiger partial charge >= 0.3 is 0 Å². The zero-order valence-corrected chi connectivity index (χ0v) is 21.9. The first-order chi connectivity index (χ1) is 14.4. The summed E-state index contributed by atoms with van der Waals surface area (Å²) >= 11 is 0. The first-order valence-corrected chi connectivity index (χ1v) is 12.0. The minimum atomic E-state index is 1.32. The van der Waals surface area contributed by atoms with Crippen LogP contribution in [0.1, 0.15) is 61.0 Å². The van der Waals surface area contributed by atoms with Gasteiger partial charge in [0, 0.05) is 12.4 Å². The first-order valence-electron chi connectivity index (χ1n) is 10.8. The molecule has 0 aliphatic heterocycles. The number of hydrogen-bond donors (Lipinski definition) is 0. The Morgan fingerprint density at radius 3 is 0.828 bits per heavy atom. The molecule has 0 fully saturated rings. The number of aromatic nitrogens is 1. The molecule has 29 heavy (non-hydrogen) atoms. The van der Waals surface area contributed by atoms with Crippen LogP contribution in [-0.2, 0) is 0 Å². The van der Waals surface area contributed by atoms with Gasteiger partial charge < -0.3 is 0 Å². The lowest BCUT2D eigenvalue weighted by Crippen LogP contribution is -1.62. The number of nitrogens with zero attached hydrogens (tertiary/aromatic N) is 1. The molecule has 1 unspecified atom stereocenters. The zero-order chi connectivity index (χ0) is 23.6. The third-order valence-corrected chi connectivity index (χ3v) is 2.17. The van der Waals surface area contributed by atoms with Crippen LogP contribution in [0.4, 0.5) is 0 Å². The Balaban J connectivity index is -0.0000000820. The lowest BCUT2D eigenvalue weighted by Gasteiger charge is -1.82. The Morgan fingerprint density at radius 2 is 0.690 bits per heavy atom. The topological polar surface area (TPSA) is 12.9 Å². The van der Waals surface area contributed by atoms with Crippen LogP contribution in [0.5, 0.6) is 0 Å². The number of pyridine rings is 1. The third-order valence-electron chi connectivity index (χ3n) is 2.17. The van der Waals surface area contributed by atoms with Gasteiger partial charge in [-0.1, -0.05) is 140 Å². The molecule has 1 nitrogen and oxygen atoms in total. The fourth-order valence-corrected chi connectivity index (χ4v) is 1.23. The SMILES string of the molecule is CC.CC.CC.CC.CP.Cc1ccccc1.c1ccccc1.c1ccncc1. The molecule has 0 saturated carbocycles. The zero-order valence-electron chi connectivity index (χ0n) is 20.8. The molecule has 0 bridgehead atoms.